The lowest BCUT2D eigenvalue weighted by molar-refractivity contribution is -0.119. The Morgan fingerprint density at radius 3 is 2.54 bits per heavy atom. The first kappa shape index (κ1) is 22.3. The van der Waals surface area contributed by atoms with Crippen LogP contribution in [0.1, 0.15) is 20.3 Å². The number of rotatable bonds is 8. The second-order valence-corrected chi connectivity index (χ2v) is 4.70. The number of carbonyl (C=O) groups excluding carboxylic acids is 1. The minimum Gasteiger partial charge on any atom is -0.493 e. The first-order valence-corrected chi connectivity index (χ1v) is 7.69. The number of nitrogens with one attached hydrogen (secondary N) is 3. The average Bonchev–Trinajstić information content (AvgIpc) is 2.57. The van der Waals surface area contributed by atoms with E-state index in [9.17, 15) is 4.79 Å². The largest absolute Gasteiger partial charge is 0.493 e. The van der Waals surface area contributed by atoms with Gasteiger partial charge in [-0.3, -0.25) is 9.79 Å². The summed E-state index contributed by atoms with van der Waals surface area (Å²) < 4.78 is 10.8. The SMILES string of the molecule is CCCNC(=O)CNC(=NC)Nc1ccc(OCC)c(OC)c1.I. The fraction of sp³-hybridized carbons (Fsp3) is 0.500. The van der Waals surface area contributed by atoms with E-state index in [0.29, 0.717) is 30.6 Å². The van der Waals surface area contributed by atoms with Crippen LogP contribution in [0.3, 0.4) is 0 Å². The van der Waals surface area contributed by atoms with E-state index < -0.39 is 0 Å². The van der Waals surface area contributed by atoms with Crippen molar-refractivity contribution in [2.75, 3.05) is 39.2 Å². The van der Waals surface area contributed by atoms with Gasteiger partial charge < -0.3 is 25.4 Å². The number of aliphatic imine (C=N–C) groups is 1. The number of benzene rings is 1. The molecule has 0 radical (unpaired) electrons. The van der Waals surface area contributed by atoms with E-state index in [1.54, 1.807) is 14.2 Å². The van der Waals surface area contributed by atoms with E-state index >= 15 is 0 Å². The quantitative estimate of drug-likeness (QED) is 0.322. The summed E-state index contributed by atoms with van der Waals surface area (Å²) in [6.45, 7) is 5.32. The van der Waals surface area contributed by atoms with E-state index in [4.69, 9.17) is 9.47 Å². The Morgan fingerprint density at radius 1 is 1.21 bits per heavy atom. The third kappa shape index (κ3) is 7.71. The van der Waals surface area contributed by atoms with Gasteiger partial charge in [0, 0.05) is 25.3 Å². The highest BCUT2D eigenvalue weighted by molar-refractivity contribution is 14.0. The van der Waals surface area contributed by atoms with E-state index in [-0.39, 0.29) is 36.4 Å². The lowest BCUT2D eigenvalue weighted by Gasteiger charge is -2.14. The van der Waals surface area contributed by atoms with Gasteiger partial charge in [-0.2, -0.15) is 0 Å². The Hall–Kier alpha value is -1.71. The molecule has 1 amide bonds. The highest BCUT2D eigenvalue weighted by Gasteiger charge is 2.07. The Balaban J connectivity index is 0.00000529. The maximum absolute atomic E-state index is 11.6. The number of guanidine groups is 1. The second-order valence-electron chi connectivity index (χ2n) is 4.70. The number of hydrogen-bond acceptors (Lipinski definition) is 4. The van der Waals surface area contributed by atoms with Crippen LogP contribution in [-0.2, 0) is 4.79 Å². The zero-order chi connectivity index (χ0) is 17.1. The van der Waals surface area contributed by atoms with Crippen molar-refractivity contribution in [3.8, 4) is 11.5 Å². The molecule has 0 aromatic heterocycles. The number of halogens is 1. The molecule has 0 atom stereocenters. The highest BCUT2D eigenvalue weighted by Crippen LogP contribution is 2.30. The molecule has 1 aromatic carbocycles. The molecule has 0 saturated heterocycles. The minimum absolute atomic E-state index is 0. The van der Waals surface area contributed by atoms with Gasteiger partial charge in [0.15, 0.2) is 17.5 Å². The smallest absolute Gasteiger partial charge is 0.239 e. The second kappa shape index (κ2) is 12.7. The zero-order valence-corrected chi connectivity index (χ0v) is 17.0. The molecule has 7 nitrogen and oxygen atoms in total. The lowest BCUT2D eigenvalue weighted by atomic mass is 10.2. The van der Waals surface area contributed by atoms with Gasteiger partial charge in [-0.05, 0) is 25.5 Å². The van der Waals surface area contributed by atoms with E-state index in [2.05, 4.69) is 20.9 Å². The van der Waals surface area contributed by atoms with Gasteiger partial charge in [-0.15, -0.1) is 24.0 Å². The van der Waals surface area contributed by atoms with Gasteiger partial charge in [0.1, 0.15) is 0 Å². The summed E-state index contributed by atoms with van der Waals surface area (Å²) in [6.07, 6.45) is 0.907. The van der Waals surface area contributed by atoms with Crippen LogP contribution in [0.2, 0.25) is 0 Å². The maximum Gasteiger partial charge on any atom is 0.239 e. The monoisotopic (exact) mass is 450 g/mol. The molecule has 136 valence electrons. The molecule has 0 aliphatic rings. The van der Waals surface area contributed by atoms with Crippen molar-refractivity contribution in [3.63, 3.8) is 0 Å². The number of anilines is 1. The number of methoxy groups -OCH3 is 1. The molecule has 24 heavy (non-hydrogen) atoms. The molecule has 0 saturated carbocycles. The lowest BCUT2D eigenvalue weighted by Crippen LogP contribution is -2.40. The standard InChI is InChI=1S/C16H26N4O3.HI/c1-5-9-18-15(21)11-19-16(17-3)20-12-7-8-13(23-6-2)14(10-12)22-4;/h7-8,10H,5-6,9,11H2,1-4H3,(H,18,21)(H2,17,19,20);1H. The molecule has 0 spiro atoms. The molecular formula is C16H27IN4O3. The van der Waals surface area contributed by atoms with Gasteiger partial charge in [0.2, 0.25) is 5.91 Å². The van der Waals surface area contributed by atoms with Crippen molar-refractivity contribution in [1.82, 2.24) is 10.6 Å². The number of amides is 1. The molecular weight excluding hydrogens is 423 g/mol. The summed E-state index contributed by atoms with van der Waals surface area (Å²) in [6, 6.07) is 5.50. The Morgan fingerprint density at radius 2 is 1.96 bits per heavy atom. The van der Waals surface area contributed by atoms with Crippen LogP contribution in [-0.4, -0.2) is 45.7 Å². The van der Waals surface area contributed by atoms with Gasteiger partial charge in [0.25, 0.3) is 0 Å². The van der Waals surface area contributed by atoms with Crippen molar-refractivity contribution in [2.24, 2.45) is 4.99 Å². The first-order chi connectivity index (χ1) is 11.1. The summed E-state index contributed by atoms with van der Waals surface area (Å²) in [5.74, 6) is 1.75. The normalized spacial score (nSPS) is 10.4. The predicted molar refractivity (Wildman–Crippen MR) is 108 cm³/mol. The van der Waals surface area contributed by atoms with Crippen LogP contribution in [0.5, 0.6) is 11.5 Å². The minimum atomic E-state index is -0.0703. The van der Waals surface area contributed by atoms with E-state index in [1.165, 1.54) is 0 Å². The molecule has 0 heterocycles. The molecule has 0 unspecified atom stereocenters. The van der Waals surface area contributed by atoms with Crippen LogP contribution in [0.25, 0.3) is 0 Å². The predicted octanol–water partition coefficient (Wildman–Crippen LogP) is 2.23. The van der Waals surface area contributed by atoms with Crippen LogP contribution >= 0.6 is 24.0 Å². The summed E-state index contributed by atoms with van der Waals surface area (Å²) >= 11 is 0. The van der Waals surface area contributed by atoms with Gasteiger partial charge in [-0.1, -0.05) is 6.92 Å². The molecule has 8 heteroatoms. The van der Waals surface area contributed by atoms with E-state index in [1.807, 2.05) is 32.0 Å². The van der Waals surface area contributed by atoms with Crippen molar-refractivity contribution >= 4 is 41.5 Å². The van der Waals surface area contributed by atoms with Gasteiger partial charge in [-0.25, -0.2) is 0 Å². The fourth-order valence-corrected chi connectivity index (χ4v) is 1.83. The third-order valence-corrected chi connectivity index (χ3v) is 2.94. The third-order valence-electron chi connectivity index (χ3n) is 2.94. The fourth-order valence-electron chi connectivity index (χ4n) is 1.83. The highest BCUT2D eigenvalue weighted by atomic mass is 127. The summed E-state index contributed by atoms with van der Waals surface area (Å²) in [4.78, 5) is 15.7. The molecule has 1 rings (SSSR count). The molecule has 0 aliphatic carbocycles. The molecule has 3 N–H and O–H groups in total. The summed E-state index contributed by atoms with van der Waals surface area (Å²) in [5, 5.41) is 8.86. The van der Waals surface area contributed by atoms with E-state index in [0.717, 1.165) is 12.1 Å². The number of ether oxygens (including phenoxy) is 2. The molecule has 0 bridgehead atoms. The van der Waals surface area contributed by atoms with Crippen molar-refractivity contribution in [1.29, 1.82) is 0 Å². The number of nitrogens with zero attached hydrogens (tertiary/aromatic N) is 1. The Kier molecular flexibility index (Phi) is 11.8. The number of carbonyl (C=O) groups is 1. The van der Waals surface area contributed by atoms with Gasteiger partial charge in [0.05, 0.1) is 20.3 Å². The number of hydrogen-bond donors (Lipinski definition) is 3. The molecule has 1 aromatic rings. The van der Waals surface area contributed by atoms with Crippen LogP contribution in [0.4, 0.5) is 5.69 Å². The van der Waals surface area contributed by atoms with Crippen molar-refractivity contribution in [2.45, 2.75) is 20.3 Å². The zero-order valence-electron chi connectivity index (χ0n) is 14.6. The van der Waals surface area contributed by atoms with Crippen LogP contribution in [0.15, 0.2) is 23.2 Å². The average molecular weight is 450 g/mol. The van der Waals surface area contributed by atoms with Crippen LogP contribution < -0.4 is 25.4 Å². The maximum atomic E-state index is 11.6. The molecule has 0 aliphatic heterocycles. The topological polar surface area (TPSA) is 84.0 Å². The van der Waals surface area contributed by atoms with Crippen molar-refractivity contribution in [3.05, 3.63) is 18.2 Å². The van der Waals surface area contributed by atoms with Crippen LogP contribution in [0, 0.1) is 0 Å². The Bertz CT molecular complexity index is 538. The first-order valence-electron chi connectivity index (χ1n) is 7.69. The van der Waals surface area contributed by atoms with Gasteiger partial charge >= 0.3 is 0 Å². The summed E-state index contributed by atoms with van der Waals surface area (Å²) in [7, 11) is 3.23. The Labute approximate surface area is 160 Å². The summed E-state index contributed by atoms with van der Waals surface area (Å²) in [5.41, 5.74) is 0.785. The molecule has 0 fully saturated rings. The van der Waals surface area contributed by atoms with Crippen molar-refractivity contribution < 1.29 is 14.3 Å².